The van der Waals surface area contributed by atoms with Crippen LogP contribution in [0, 0.1) is 11.8 Å². The maximum atomic E-state index is 14.2. The van der Waals surface area contributed by atoms with Crippen LogP contribution in [0.15, 0.2) is 25.3 Å². The van der Waals surface area contributed by atoms with E-state index < -0.39 is 41.1 Å². The molecule has 1 spiro atoms. The molecule has 10 nitrogen and oxygen atoms in total. The fourth-order valence-electron chi connectivity index (χ4n) is 6.50. The summed E-state index contributed by atoms with van der Waals surface area (Å²) in [4.78, 5) is 46.6. The van der Waals surface area contributed by atoms with Gasteiger partial charge < -0.3 is 29.1 Å². The zero-order valence-corrected chi connectivity index (χ0v) is 21.4. The fraction of sp³-hybridized carbons (Fsp3) is 0.731. The van der Waals surface area contributed by atoms with Crippen molar-refractivity contribution in [2.75, 3.05) is 59.2 Å². The highest BCUT2D eigenvalue weighted by atomic mass is 16.6. The Morgan fingerprint density at radius 3 is 2.64 bits per heavy atom. The zero-order chi connectivity index (χ0) is 26.1. The van der Waals surface area contributed by atoms with E-state index in [1.54, 1.807) is 17.9 Å². The minimum atomic E-state index is -1.15. The van der Waals surface area contributed by atoms with Crippen LogP contribution < -0.4 is 0 Å². The molecule has 1 N–H and O–H groups in total. The molecule has 0 saturated carbocycles. The molecule has 6 atom stereocenters. The number of likely N-dealkylation sites (tertiary alicyclic amines) is 1. The lowest BCUT2D eigenvalue weighted by atomic mass is 9.66. The molecule has 200 valence electrons. The van der Waals surface area contributed by atoms with Crippen LogP contribution in [0.1, 0.15) is 26.7 Å². The van der Waals surface area contributed by atoms with Crippen LogP contribution in [0.25, 0.3) is 0 Å². The Morgan fingerprint density at radius 2 is 2.00 bits per heavy atom. The van der Waals surface area contributed by atoms with Crippen LogP contribution in [-0.4, -0.2) is 120 Å². The Bertz CT molecular complexity index is 891. The normalized spacial score (nSPS) is 34.4. The molecule has 4 aliphatic rings. The summed E-state index contributed by atoms with van der Waals surface area (Å²) in [5.41, 5.74) is -2.05. The molecule has 4 fully saturated rings. The molecule has 2 amide bonds. The lowest BCUT2D eigenvalue weighted by Gasteiger charge is -2.39. The molecule has 4 saturated heterocycles. The molecule has 0 aromatic rings. The van der Waals surface area contributed by atoms with Crippen molar-refractivity contribution in [3.8, 4) is 0 Å². The Labute approximate surface area is 212 Å². The maximum absolute atomic E-state index is 14.2. The van der Waals surface area contributed by atoms with E-state index in [0.29, 0.717) is 45.7 Å². The van der Waals surface area contributed by atoms with E-state index >= 15 is 0 Å². The minimum absolute atomic E-state index is 0.0348. The van der Waals surface area contributed by atoms with Crippen LogP contribution in [-0.2, 0) is 28.6 Å². The van der Waals surface area contributed by atoms with Gasteiger partial charge in [0.2, 0.25) is 11.8 Å². The largest absolute Gasteiger partial charge is 0.461 e. The van der Waals surface area contributed by atoms with Crippen molar-refractivity contribution < 1.29 is 33.7 Å². The lowest BCUT2D eigenvalue weighted by Crippen LogP contribution is -2.59. The molecule has 4 rings (SSSR count). The molecule has 0 aliphatic carbocycles. The van der Waals surface area contributed by atoms with Gasteiger partial charge in [0.05, 0.1) is 37.4 Å². The molecule has 0 aromatic heterocycles. The van der Waals surface area contributed by atoms with E-state index in [-0.39, 0.29) is 25.0 Å². The molecular formula is C26H39N3O7. The molecule has 4 heterocycles. The third-order valence-corrected chi connectivity index (χ3v) is 8.24. The molecule has 10 heteroatoms. The predicted molar refractivity (Wildman–Crippen MR) is 131 cm³/mol. The number of aliphatic hydroxyl groups excluding tert-OH is 1. The van der Waals surface area contributed by atoms with Crippen LogP contribution in [0.5, 0.6) is 0 Å². The van der Waals surface area contributed by atoms with Crippen LogP contribution in [0.3, 0.4) is 0 Å². The number of carbonyl (C=O) groups excluding carboxylic acids is 3. The van der Waals surface area contributed by atoms with E-state index in [1.165, 1.54) is 11.0 Å². The number of nitrogens with zero attached hydrogens (tertiary/aromatic N) is 3. The topological polar surface area (TPSA) is 109 Å². The van der Waals surface area contributed by atoms with E-state index in [4.69, 9.17) is 14.2 Å². The monoisotopic (exact) mass is 505 g/mol. The quantitative estimate of drug-likeness (QED) is 0.314. The van der Waals surface area contributed by atoms with E-state index in [1.807, 2.05) is 6.92 Å². The fourth-order valence-corrected chi connectivity index (χ4v) is 6.50. The number of ether oxygens (including phenoxy) is 3. The third kappa shape index (κ3) is 4.38. The summed E-state index contributed by atoms with van der Waals surface area (Å²) in [7, 11) is 0. The van der Waals surface area contributed by atoms with Gasteiger partial charge in [-0.1, -0.05) is 18.7 Å². The van der Waals surface area contributed by atoms with Gasteiger partial charge in [-0.2, -0.15) is 0 Å². The third-order valence-electron chi connectivity index (χ3n) is 8.24. The van der Waals surface area contributed by atoms with Gasteiger partial charge in [-0.05, 0) is 26.7 Å². The van der Waals surface area contributed by atoms with Gasteiger partial charge in [0.15, 0.2) is 0 Å². The number of aliphatic hydroxyl groups is 1. The summed E-state index contributed by atoms with van der Waals surface area (Å²) in [6.07, 6.45) is 4.16. The first-order valence-corrected chi connectivity index (χ1v) is 12.8. The van der Waals surface area contributed by atoms with Crippen molar-refractivity contribution in [3.63, 3.8) is 0 Å². The van der Waals surface area contributed by atoms with Crippen molar-refractivity contribution >= 4 is 17.8 Å². The highest BCUT2D eigenvalue weighted by Gasteiger charge is 2.78. The van der Waals surface area contributed by atoms with Gasteiger partial charge in [-0.25, -0.2) is 0 Å². The Balaban J connectivity index is 1.66. The van der Waals surface area contributed by atoms with Crippen LogP contribution in [0.2, 0.25) is 0 Å². The first kappa shape index (κ1) is 26.8. The second kappa shape index (κ2) is 10.6. The predicted octanol–water partition coefficient (Wildman–Crippen LogP) is 0.208. The number of fused-ring (bicyclic) bond motifs is 1. The molecular weight excluding hydrogens is 466 g/mol. The Kier molecular flexibility index (Phi) is 7.89. The average Bonchev–Trinajstić information content (AvgIpc) is 3.45. The SMILES string of the molecule is C=CCOC(=O)[C@H]1[C@H]2C(=O)N([C@H](C)CO)C(C(=O)N(CC=C)CCN3CCOCC3)C23CC[C@]1(C)O3. The van der Waals surface area contributed by atoms with Crippen molar-refractivity contribution in [2.45, 2.75) is 50.0 Å². The van der Waals surface area contributed by atoms with Gasteiger partial charge in [0.1, 0.15) is 24.2 Å². The Hall–Kier alpha value is -2.27. The van der Waals surface area contributed by atoms with Gasteiger partial charge in [-0.15, -0.1) is 6.58 Å². The first-order chi connectivity index (χ1) is 17.2. The van der Waals surface area contributed by atoms with Crippen molar-refractivity contribution in [1.82, 2.24) is 14.7 Å². The second-order valence-corrected chi connectivity index (χ2v) is 10.5. The van der Waals surface area contributed by atoms with Gasteiger partial charge in [0, 0.05) is 32.7 Å². The summed E-state index contributed by atoms with van der Waals surface area (Å²) in [6, 6.07) is -1.56. The molecule has 2 unspecified atom stereocenters. The molecule has 4 aliphatic heterocycles. The number of hydrogen-bond acceptors (Lipinski definition) is 8. The maximum Gasteiger partial charge on any atom is 0.313 e. The highest BCUT2D eigenvalue weighted by Crippen LogP contribution is 2.63. The summed E-state index contributed by atoms with van der Waals surface area (Å²) >= 11 is 0. The smallest absolute Gasteiger partial charge is 0.313 e. The first-order valence-electron chi connectivity index (χ1n) is 12.8. The lowest BCUT2D eigenvalue weighted by molar-refractivity contribution is -0.161. The number of amides is 2. The van der Waals surface area contributed by atoms with Gasteiger partial charge in [-0.3, -0.25) is 19.3 Å². The summed E-state index contributed by atoms with van der Waals surface area (Å²) < 4.78 is 17.4. The van der Waals surface area contributed by atoms with E-state index in [0.717, 1.165) is 13.1 Å². The zero-order valence-electron chi connectivity index (χ0n) is 21.4. The van der Waals surface area contributed by atoms with E-state index in [2.05, 4.69) is 18.1 Å². The highest BCUT2D eigenvalue weighted by molar-refractivity contribution is 5.98. The summed E-state index contributed by atoms with van der Waals surface area (Å²) in [5, 5.41) is 10.0. The number of rotatable bonds is 11. The standard InChI is InChI=1S/C26H39N3O7/c1-5-9-28(11-10-27-12-15-34-16-13-27)23(32)21-26-8-7-25(4,36-26)20(24(33)35-14-6-2)19(26)22(31)29(21)18(3)17-30/h5-6,18-21,30H,1-2,7-17H2,3-4H3/t18-,19+,20-,21?,25+,26?/m1/s1. The van der Waals surface area contributed by atoms with Crippen molar-refractivity contribution in [2.24, 2.45) is 11.8 Å². The molecule has 36 heavy (non-hydrogen) atoms. The molecule has 0 radical (unpaired) electrons. The molecule has 2 bridgehead atoms. The Morgan fingerprint density at radius 1 is 1.28 bits per heavy atom. The van der Waals surface area contributed by atoms with Crippen LogP contribution in [0.4, 0.5) is 0 Å². The summed E-state index contributed by atoms with van der Waals surface area (Å²) in [6.45, 7) is 15.1. The van der Waals surface area contributed by atoms with Gasteiger partial charge >= 0.3 is 5.97 Å². The number of morpholine rings is 1. The number of esters is 1. The molecule has 0 aromatic carbocycles. The minimum Gasteiger partial charge on any atom is -0.461 e. The van der Waals surface area contributed by atoms with Crippen LogP contribution >= 0.6 is 0 Å². The van der Waals surface area contributed by atoms with Crippen molar-refractivity contribution in [3.05, 3.63) is 25.3 Å². The average molecular weight is 506 g/mol. The number of carbonyl (C=O) groups is 3. The van der Waals surface area contributed by atoms with E-state index in [9.17, 15) is 19.5 Å². The number of hydrogen-bond donors (Lipinski definition) is 1. The second-order valence-electron chi connectivity index (χ2n) is 10.5. The van der Waals surface area contributed by atoms with Gasteiger partial charge in [0.25, 0.3) is 0 Å². The summed E-state index contributed by atoms with van der Waals surface area (Å²) in [5.74, 6) is -2.78. The van der Waals surface area contributed by atoms with Crippen molar-refractivity contribution in [1.29, 1.82) is 0 Å².